The highest BCUT2D eigenvalue weighted by molar-refractivity contribution is 5.78. The maximum Gasteiger partial charge on any atom is 0.134 e. The lowest BCUT2D eigenvalue weighted by atomic mass is 10.00. The number of hydrogen-bond donors (Lipinski definition) is 1. The Kier molecular flexibility index (Phi) is 2.91. The number of benzene rings is 1. The van der Waals surface area contributed by atoms with Crippen LogP contribution in [0.3, 0.4) is 0 Å². The molecule has 0 bridgehead atoms. The molecule has 0 aliphatic carbocycles. The Hall–Kier alpha value is -3.08. The predicted molar refractivity (Wildman–Crippen MR) is 91.9 cm³/mol. The molecule has 5 nitrogen and oxygen atoms in total. The summed E-state index contributed by atoms with van der Waals surface area (Å²) in [5.41, 5.74) is 3.09. The van der Waals surface area contributed by atoms with Crippen molar-refractivity contribution in [3.8, 4) is 0 Å². The van der Waals surface area contributed by atoms with Crippen molar-refractivity contribution in [3.05, 3.63) is 78.2 Å². The minimum Gasteiger partial charge on any atom is -0.458 e. The van der Waals surface area contributed by atoms with Crippen LogP contribution in [-0.2, 0) is 6.42 Å². The van der Waals surface area contributed by atoms with Gasteiger partial charge in [0.15, 0.2) is 0 Å². The van der Waals surface area contributed by atoms with Crippen LogP contribution in [0.2, 0.25) is 0 Å². The first-order valence-corrected chi connectivity index (χ1v) is 8.08. The first-order chi connectivity index (χ1) is 11.9. The minimum atomic E-state index is -0.0673. The molecule has 1 aliphatic rings. The third kappa shape index (κ3) is 2.01. The van der Waals surface area contributed by atoms with E-state index in [4.69, 9.17) is 4.42 Å². The van der Waals surface area contributed by atoms with Gasteiger partial charge in [0.25, 0.3) is 0 Å². The molecule has 1 aromatic carbocycles. The van der Waals surface area contributed by atoms with E-state index in [0.29, 0.717) is 0 Å². The standard InChI is InChI=1S/C19H16N4O/c1-2-6-15-13(5-1)11-16(24-15)19-18-14(21-12-22-18)8-10-23(19)17-7-3-4-9-20-17/h1-7,9,11-12,19H,8,10H2,(H,21,22)/t19-/m0/s1. The molecule has 1 atom stereocenters. The lowest BCUT2D eigenvalue weighted by molar-refractivity contribution is 0.485. The van der Waals surface area contributed by atoms with Crippen molar-refractivity contribution in [3.63, 3.8) is 0 Å². The summed E-state index contributed by atoms with van der Waals surface area (Å²) in [7, 11) is 0. The van der Waals surface area contributed by atoms with Crippen molar-refractivity contribution in [1.29, 1.82) is 0 Å². The van der Waals surface area contributed by atoms with E-state index in [1.165, 1.54) is 5.69 Å². The van der Waals surface area contributed by atoms with Crippen LogP contribution in [0.15, 0.2) is 65.5 Å². The number of imidazole rings is 1. The summed E-state index contributed by atoms with van der Waals surface area (Å²) >= 11 is 0. The highest BCUT2D eigenvalue weighted by Gasteiger charge is 2.34. The van der Waals surface area contributed by atoms with Crippen LogP contribution >= 0.6 is 0 Å². The Balaban J connectivity index is 1.68. The first kappa shape index (κ1) is 13.4. The Labute approximate surface area is 139 Å². The topological polar surface area (TPSA) is 58.0 Å². The van der Waals surface area contributed by atoms with Crippen LogP contribution in [0.25, 0.3) is 11.0 Å². The summed E-state index contributed by atoms with van der Waals surface area (Å²) in [6.07, 6.45) is 4.51. The van der Waals surface area contributed by atoms with Gasteiger partial charge in [0.05, 0.1) is 12.0 Å². The number of fused-ring (bicyclic) bond motifs is 2. The van der Waals surface area contributed by atoms with Gasteiger partial charge in [-0.15, -0.1) is 0 Å². The molecule has 5 heteroatoms. The highest BCUT2D eigenvalue weighted by Crippen LogP contribution is 2.38. The molecule has 118 valence electrons. The van der Waals surface area contributed by atoms with Crippen LogP contribution in [0.5, 0.6) is 0 Å². The van der Waals surface area contributed by atoms with E-state index in [1.807, 2.05) is 42.6 Å². The molecule has 24 heavy (non-hydrogen) atoms. The average Bonchev–Trinajstić information content (AvgIpc) is 3.28. The molecule has 4 heterocycles. The summed E-state index contributed by atoms with van der Waals surface area (Å²) in [6.45, 7) is 0.869. The monoisotopic (exact) mass is 316 g/mol. The molecule has 0 saturated carbocycles. The fraction of sp³-hybridized carbons (Fsp3) is 0.158. The number of aromatic nitrogens is 3. The largest absolute Gasteiger partial charge is 0.458 e. The van der Waals surface area contributed by atoms with Crippen LogP contribution < -0.4 is 4.90 Å². The number of aromatic amines is 1. The van der Waals surface area contributed by atoms with Gasteiger partial charge in [0.2, 0.25) is 0 Å². The van der Waals surface area contributed by atoms with E-state index in [2.05, 4.69) is 32.0 Å². The number of nitrogens with one attached hydrogen (secondary N) is 1. The van der Waals surface area contributed by atoms with Crippen LogP contribution in [0, 0.1) is 0 Å². The molecule has 1 N–H and O–H groups in total. The van der Waals surface area contributed by atoms with Gasteiger partial charge in [0.1, 0.15) is 23.2 Å². The van der Waals surface area contributed by atoms with Crippen molar-refractivity contribution in [2.45, 2.75) is 12.5 Å². The quantitative estimate of drug-likeness (QED) is 0.612. The molecule has 0 saturated heterocycles. The summed E-state index contributed by atoms with van der Waals surface area (Å²) in [4.78, 5) is 14.6. The second-order valence-corrected chi connectivity index (χ2v) is 5.99. The fourth-order valence-electron chi connectivity index (χ4n) is 3.47. The number of nitrogens with zero attached hydrogens (tertiary/aromatic N) is 3. The zero-order valence-electron chi connectivity index (χ0n) is 13.0. The van der Waals surface area contributed by atoms with Gasteiger partial charge < -0.3 is 14.3 Å². The lowest BCUT2D eigenvalue weighted by Crippen LogP contribution is -2.36. The van der Waals surface area contributed by atoms with Crippen LogP contribution in [0.1, 0.15) is 23.2 Å². The van der Waals surface area contributed by atoms with Crippen molar-refractivity contribution in [2.24, 2.45) is 0 Å². The summed E-state index contributed by atoms with van der Waals surface area (Å²) < 4.78 is 6.16. The van der Waals surface area contributed by atoms with Gasteiger partial charge in [-0.05, 0) is 24.3 Å². The van der Waals surface area contributed by atoms with Crippen LogP contribution in [0.4, 0.5) is 5.82 Å². The van der Waals surface area contributed by atoms with Crippen LogP contribution in [-0.4, -0.2) is 21.5 Å². The summed E-state index contributed by atoms with van der Waals surface area (Å²) in [5, 5.41) is 1.11. The number of furan rings is 1. The van der Waals surface area contributed by atoms with Crippen molar-refractivity contribution in [1.82, 2.24) is 15.0 Å². The van der Waals surface area contributed by atoms with Crippen molar-refractivity contribution < 1.29 is 4.42 Å². The molecule has 0 radical (unpaired) electrons. The number of rotatable bonds is 2. The average molecular weight is 316 g/mol. The number of pyridine rings is 1. The molecular formula is C19H16N4O. The van der Waals surface area contributed by atoms with E-state index < -0.39 is 0 Å². The smallest absolute Gasteiger partial charge is 0.134 e. The molecule has 0 unspecified atom stereocenters. The number of para-hydroxylation sites is 1. The van der Waals surface area contributed by atoms with Crippen molar-refractivity contribution >= 4 is 16.8 Å². The molecular weight excluding hydrogens is 300 g/mol. The van der Waals surface area contributed by atoms with E-state index in [1.54, 1.807) is 6.33 Å². The summed E-state index contributed by atoms with van der Waals surface area (Å²) in [5.74, 6) is 1.84. The van der Waals surface area contributed by atoms with Gasteiger partial charge >= 0.3 is 0 Å². The normalized spacial score (nSPS) is 17.2. The number of H-pyrrole nitrogens is 1. The molecule has 4 aromatic rings. The molecule has 0 amide bonds. The van der Waals surface area contributed by atoms with Crippen molar-refractivity contribution in [2.75, 3.05) is 11.4 Å². The second-order valence-electron chi connectivity index (χ2n) is 5.99. The van der Waals surface area contributed by atoms with Gasteiger partial charge in [-0.1, -0.05) is 24.3 Å². The van der Waals surface area contributed by atoms with Gasteiger partial charge in [0, 0.05) is 30.2 Å². The molecule has 1 aliphatic heterocycles. The second kappa shape index (κ2) is 5.23. The van der Waals surface area contributed by atoms with E-state index in [0.717, 1.165) is 41.2 Å². The fourth-order valence-corrected chi connectivity index (χ4v) is 3.47. The summed E-state index contributed by atoms with van der Waals surface area (Å²) in [6, 6.07) is 16.1. The maximum absolute atomic E-state index is 6.16. The first-order valence-electron chi connectivity index (χ1n) is 8.08. The molecule has 3 aromatic heterocycles. The molecule has 0 fully saturated rings. The van der Waals surface area contributed by atoms with E-state index >= 15 is 0 Å². The number of anilines is 1. The Morgan fingerprint density at radius 3 is 2.88 bits per heavy atom. The van der Waals surface area contributed by atoms with Gasteiger partial charge in [-0.3, -0.25) is 0 Å². The van der Waals surface area contributed by atoms with Gasteiger partial charge in [-0.2, -0.15) is 0 Å². The lowest BCUT2D eigenvalue weighted by Gasteiger charge is -2.34. The predicted octanol–water partition coefficient (Wildman–Crippen LogP) is 3.70. The van der Waals surface area contributed by atoms with E-state index in [-0.39, 0.29) is 6.04 Å². The Bertz CT molecular complexity index is 956. The molecule has 0 spiro atoms. The van der Waals surface area contributed by atoms with E-state index in [9.17, 15) is 0 Å². The SMILES string of the molecule is c1ccc(N2CCc3[nH]cnc3[C@@H]2c2cc3ccccc3o2)nc1. The minimum absolute atomic E-state index is 0.0673. The Morgan fingerprint density at radius 1 is 1.08 bits per heavy atom. The third-order valence-corrected chi connectivity index (χ3v) is 4.58. The zero-order chi connectivity index (χ0) is 15.9. The third-order valence-electron chi connectivity index (χ3n) is 4.58. The molecule has 5 rings (SSSR count). The Morgan fingerprint density at radius 2 is 2.00 bits per heavy atom. The highest BCUT2D eigenvalue weighted by atomic mass is 16.3. The number of hydrogen-bond acceptors (Lipinski definition) is 4. The van der Waals surface area contributed by atoms with Gasteiger partial charge in [-0.25, -0.2) is 9.97 Å². The maximum atomic E-state index is 6.16. The zero-order valence-corrected chi connectivity index (χ0v) is 13.0.